The van der Waals surface area contributed by atoms with E-state index >= 15 is 0 Å². The standard InChI is InChI=1S/C13H11F3O3/c1-4-12(2,3)19-11(17)18-10-8-6-5-7-9(10)13(14,15)16/h1,5-8H,2-3H3. The highest BCUT2D eigenvalue weighted by Crippen LogP contribution is 2.36. The number of alkyl halides is 3. The summed E-state index contributed by atoms with van der Waals surface area (Å²) >= 11 is 0. The normalized spacial score (nSPS) is 11.6. The molecule has 0 aliphatic carbocycles. The van der Waals surface area contributed by atoms with Crippen LogP contribution >= 0.6 is 0 Å². The number of rotatable bonds is 2. The van der Waals surface area contributed by atoms with Gasteiger partial charge in [-0.15, -0.1) is 6.42 Å². The van der Waals surface area contributed by atoms with Crippen molar-refractivity contribution in [2.75, 3.05) is 0 Å². The van der Waals surface area contributed by atoms with Gasteiger partial charge < -0.3 is 9.47 Å². The fourth-order valence-corrected chi connectivity index (χ4v) is 1.14. The lowest BCUT2D eigenvalue weighted by molar-refractivity contribution is -0.138. The van der Waals surface area contributed by atoms with Crippen LogP contribution in [0.2, 0.25) is 0 Å². The van der Waals surface area contributed by atoms with Gasteiger partial charge in [0.05, 0.1) is 5.56 Å². The molecule has 19 heavy (non-hydrogen) atoms. The second-order valence-electron chi connectivity index (χ2n) is 4.10. The van der Waals surface area contributed by atoms with E-state index in [4.69, 9.17) is 11.2 Å². The van der Waals surface area contributed by atoms with Crippen molar-refractivity contribution in [3.05, 3.63) is 29.8 Å². The monoisotopic (exact) mass is 272 g/mol. The second kappa shape index (κ2) is 5.22. The first kappa shape index (κ1) is 14.9. The van der Waals surface area contributed by atoms with Gasteiger partial charge in [-0.3, -0.25) is 0 Å². The quantitative estimate of drug-likeness (QED) is 0.468. The fourth-order valence-electron chi connectivity index (χ4n) is 1.14. The van der Waals surface area contributed by atoms with Crippen molar-refractivity contribution < 1.29 is 27.4 Å². The number of benzene rings is 1. The average Bonchev–Trinajstić information content (AvgIpc) is 2.27. The molecule has 0 aromatic heterocycles. The third-order valence-corrected chi connectivity index (χ3v) is 2.07. The Morgan fingerprint density at radius 3 is 2.37 bits per heavy atom. The van der Waals surface area contributed by atoms with Crippen molar-refractivity contribution in [2.45, 2.75) is 25.6 Å². The van der Waals surface area contributed by atoms with Crippen molar-refractivity contribution in [3.8, 4) is 18.1 Å². The zero-order valence-corrected chi connectivity index (χ0v) is 10.2. The highest BCUT2D eigenvalue weighted by molar-refractivity contribution is 5.65. The molecule has 6 heteroatoms. The Morgan fingerprint density at radius 2 is 1.84 bits per heavy atom. The maximum atomic E-state index is 12.6. The van der Waals surface area contributed by atoms with Crippen LogP contribution in [0.4, 0.5) is 18.0 Å². The van der Waals surface area contributed by atoms with Gasteiger partial charge in [-0.25, -0.2) is 4.79 Å². The molecule has 0 radical (unpaired) electrons. The van der Waals surface area contributed by atoms with Gasteiger partial charge in [-0.05, 0) is 26.0 Å². The molecule has 1 aromatic rings. The molecule has 0 spiro atoms. The first-order valence-electron chi connectivity index (χ1n) is 5.20. The summed E-state index contributed by atoms with van der Waals surface area (Å²) in [6.07, 6.45) is -0.834. The maximum Gasteiger partial charge on any atom is 0.515 e. The van der Waals surface area contributed by atoms with Gasteiger partial charge >= 0.3 is 12.3 Å². The molecule has 0 saturated heterocycles. The lowest BCUT2D eigenvalue weighted by Gasteiger charge is -2.18. The minimum Gasteiger partial charge on any atom is -0.415 e. The van der Waals surface area contributed by atoms with E-state index in [1.165, 1.54) is 26.0 Å². The lowest BCUT2D eigenvalue weighted by Crippen LogP contribution is -2.28. The Morgan fingerprint density at radius 1 is 1.26 bits per heavy atom. The van der Waals surface area contributed by atoms with Crippen LogP contribution in [0.3, 0.4) is 0 Å². The molecular weight excluding hydrogens is 261 g/mol. The number of carbonyl (C=O) groups is 1. The summed E-state index contributed by atoms with van der Waals surface area (Å²) in [6, 6.07) is 4.32. The number of hydrogen-bond donors (Lipinski definition) is 0. The van der Waals surface area contributed by atoms with Crippen LogP contribution in [0.15, 0.2) is 24.3 Å². The molecule has 0 heterocycles. The summed E-state index contributed by atoms with van der Waals surface area (Å²) in [6.45, 7) is 2.81. The summed E-state index contributed by atoms with van der Waals surface area (Å²) in [7, 11) is 0. The van der Waals surface area contributed by atoms with Crippen LogP contribution in [-0.2, 0) is 10.9 Å². The van der Waals surface area contributed by atoms with E-state index in [0.717, 1.165) is 12.1 Å². The first-order chi connectivity index (χ1) is 8.65. The molecule has 1 rings (SSSR count). The Bertz CT molecular complexity index is 513. The predicted molar refractivity (Wildman–Crippen MR) is 61.5 cm³/mol. The number of terminal acetylenes is 1. The van der Waals surface area contributed by atoms with Crippen molar-refractivity contribution in [1.29, 1.82) is 0 Å². The molecule has 102 valence electrons. The van der Waals surface area contributed by atoms with Crippen molar-refractivity contribution in [3.63, 3.8) is 0 Å². The molecule has 0 fully saturated rings. The Hall–Kier alpha value is -2.16. The molecule has 0 aliphatic rings. The van der Waals surface area contributed by atoms with Gasteiger partial charge in [0.25, 0.3) is 0 Å². The summed E-state index contributed by atoms with van der Waals surface area (Å²) < 4.78 is 47.1. The van der Waals surface area contributed by atoms with Crippen molar-refractivity contribution in [2.24, 2.45) is 0 Å². The first-order valence-corrected chi connectivity index (χ1v) is 5.20. The van der Waals surface area contributed by atoms with E-state index in [0.29, 0.717) is 0 Å². The third kappa shape index (κ3) is 4.21. The number of halogens is 3. The number of ether oxygens (including phenoxy) is 2. The zero-order chi connectivity index (χ0) is 14.7. The molecule has 1 aromatic carbocycles. The smallest absolute Gasteiger partial charge is 0.415 e. The molecule has 0 saturated carbocycles. The van der Waals surface area contributed by atoms with Gasteiger partial charge in [-0.1, -0.05) is 18.1 Å². The molecular formula is C13H11F3O3. The van der Waals surface area contributed by atoms with Gasteiger partial charge in [0.2, 0.25) is 0 Å². The number of carbonyl (C=O) groups excluding carboxylic acids is 1. The zero-order valence-electron chi connectivity index (χ0n) is 10.2. The Kier molecular flexibility index (Phi) is 4.10. The Balaban J connectivity index is 2.90. The van der Waals surface area contributed by atoms with Gasteiger partial charge in [0, 0.05) is 0 Å². The van der Waals surface area contributed by atoms with Crippen LogP contribution in [-0.4, -0.2) is 11.8 Å². The minimum absolute atomic E-state index is 0.632. The van der Waals surface area contributed by atoms with E-state index in [1.54, 1.807) is 0 Å². The predicted octanol–water partition coefficient (Wildman–Crippen LogP) is 3.63. The molecule has 0 bridgehead atoms. The average molecular weight is 272 g/mol. The van der Waals surface area contributed by atoms with Crippen molar-refractivity contribution in [1.82, 2.24) is 0 Å². The van der Waals surface area contributed by atoms with Crippen LogP contribution in [0.1, 0.15) is 19.4 Å². The molecule has 3 nitrogen and oxygen atoms in total. The largest absolute Gasteiger partial charge is 0.515 e. The van der Waals surface area contributed by atoms with E-state index in [1.807, 2.05) is 0 Å². The summed E-state index contributed by atoms with van der Waals surface area (Å²) in [4.78, 5) is 11.4. The lowest BCUT2D eigenvalue weighted by atomic mass is 10.1. The number of hydrogen-bond acceptors (Lipinski definition) is 3. The maximum absolute atomic E-state index is 12.6. The summed E-state index contributed by atoms with van der Waals surface area (Å²) in [5.74, 6) is 1.53. The van der Waals surface area contributed by atoms with Crippen LogP contribution in [0.25, 0.3) is 0 Å². The van der Waals surface area contributed by atoms with Gasteiger partial charge in [0.1, 0.15) is 5.75 Å². The van der Waals surface area contributed by atoms with E-state index in [9.17, 15) is 18.0 Å². The summed E-state index contributed by atoms with van der Waals surface area (Å²) in [5, 5.41) is 0. The molecule has 0 amide bonds. The van der Waals surface area contributed by atoms with E-state index in [-0.39, 0.29) is 0 Å². The fraction of sp³-hybridized carbons (Fsp3) is 0.308. The highest BCUT2D eigenvalue weighted by atomic mass is 19.4. The van der Waals surface area contributed by atoms with E-state index < -0.39 is 29.2 Å². The molecule has 0 unspecified atom stereocenters. The summed E-state index contributed by atoms with van der Waals surface area (Å²) in [5.41, 5.74) is -2.32. The van der Waals surface area contributed by atoms with Crippen LogP contribution < -0.4 is 4.74 Å². The van der Waals surface area contributed by atoms with Gasteiger partial charge in [0.15, 0.2) is 5.60 Å². The molecule has 0 aliphatic heterocycles. The second-order valence-corrected chi connectivity index (χ2v) is 4.10. The SMILES string of the molecule is C#CC(C)(C)OC(=O)Oc1ccccc1C(F)(F)F. The number of para-hydroxylation sites is 1. The van der Waals surface area contributed by atoms with Crippen molar-refractivity contribution >= 4 is 6.16 Å². The topological polar surface area (TPSA) is 35.5 Å². The van der Waals surface area contributed by atoms with Crippen LogP contribution in [0.5, 0.6) is 5.75 Å². The molecule has 0 atom stereocenters. The van der Waals surface area contributed by atoms with E-state index in [2.05, 4.69) is 10.7 Å². The van der Waals surface area contributed by atoms with Crippen LogP contribution in [0, 0.1) is 12.3 Å². The Labute approximate surface area is 108 Å². The minimum atomic E-state index is -4.63. The highest BCUT2D eigenvalue weighted by Gasteiger charge is 2.35. The van der Waals surface area contributed by atoms with Gasteiger partial charge in [-0.2, -0.15) is 13.2 Å². The third-order valence-electron chi connectivity index (χ3n) is 2.07. The molecule has 0 N–H and O–H groups in total.